The molecular formula is C15H19NO5S. The summed E-state index contributed by atoms with van der Waals surface area (Å²) in [7, 11) is -1.28. The first-order valence-electron chi connectivity index (χ1n) is 7.12. The van der Waals surface area contributed by atoms with Crippen molar-refractivity contribution >= 4 is 22.7 Å². The minimum absolute atomic E-state index is 0.121. The number of rotatable bonds is 7. The van der Waals surface area contributed by atoms with Gasteiger partial charge in [-0.25, -0.2) is 4.79 Å². The molecule has 2 N–H and O–H groups in total. The summed E-state index contributed by atoms with van der Waals surface area (Å²) in [5.74, 6) is -1.53. The molecule has 1 aromatic carbocycles. The Morgan fingerprint density at radius 1 is 1.36 bits per heavy atom. The Hall–Kier alpha value is -1.73. The van der Waals surface area contributed by atoms with Crippen LogP contribution in [-0.4, -0.2) is 46.2 Å². The van der Waals surface area contributed by atoms with Crippen LogP contribution in [0.5, 0.6) is 0 Å². The highest BCUT2D eigenvalue weighted by Gasteiger charge is 2.28. The molecule has 0 spiro atoms. The number of ether oxygens (including phenoxy) is 1. The van der Waals surface area contributed by atoms with Crippen molar-refractivity contribution in [2.75, 3.05) is 19.0 Å². The van der Waals surface area contributed by atoms with E-state index in [2.05, 4.69) is 5.32 Å². The van der Waals surface area contributed by atoms with E-state index in [9.17, 15) is 18.9 Å². The fraction of sp³-hybridized carbons (Fsp3) is 0.467. The van der Waals surface area contributed by atoms with Crippen LogP contribution in [0.1, 0.15) is 12.8 Å². The average Bonchev–Trinajstić information content (AvgIpc) is 3.06. The highest BCUT2D eigenvalue weighted by atomic mass is 32.2. The maximum Gasteiger partial charge on any atom is 0.326 e. The van der Waals surface area contributed by atoms with Crippen molar-refractivity contribution in [2.45, 2.75) is 23.8 Å². The maximum atomic E-state index is 12.1. The molecule has 1 amide bonds. The molecule has 1 heterocycles. The van der Waals surface area contributed by atoms with Crippen molar-refractivity contribution < 1.29 is 23.6 Å². The van der Waals surface area contributed by atoms with Gasteiger partial charge in [0.1, 0.15) is 6.04 Å². The van der Waals surface area contributed by atoms with Gasteiger partial charge in [0.15, 0.2) is 0 Å². The molecule has 1 saturated heterocycles. The third kappa shape index (κ3) is 4.64. The molecule has 0 bridgehead atoms. The lowest BCUT2D eigenvalue weighted by Crippen LogP contribution is -2.44. The van der Waals surface area contributed by atoms with Crippen molar-refractivity contribution in [3.05, 3.63) is 30.3 Å². The van der Waals surface area contributed by atoms with E-state index in [4.69, 9.17) is 4.74 Å². The molecule has 120 valence electrons. The number of amides is 1. The lowest BCUT2D eigenvalue weighted by molar-refractivity contribution is -0.142. The Bertz CT molecular complexity index is 542. The number of nitrogens with one attached hydrogen (secondary N) is 1. The Balaban J connectivity index is 1.87. The van der Waals surface area contributed by atoms with Gasteiger partial charge in [-0.2, -0.15) is 0 Å². The Morgan fingerprint density at radius 2 is 2.09 bits per heavy atom. The first-order chi connectivity index (χ1) is 10.6. The Kier molecular flexibility index (Phi) is 6.09. The van der Waals surface area contributed by atoms with Crippen LogP contribution >= 0.6 is 0 Å². The zero-order valence-electron chi connectivity index (χ0n) is 12.1. The zero-order valence-corrected chi connectivity index (χ0v) is 12.9. The second-order valence-electron chi connectivity index (χ2n) is 5.11. The van der Waals surface area contributed by atoms with Crippen molar-refractivity contribution in [1.82, 2.24) is 5.32 Å². The maximum absolute atomic E-state index is 12.1. The average molecular weight is 325 g/mol. The summed E-state index contributed by atoms with van der Waals surface area (Å²) in [6.07, 6.45) is 0.726. The number of carboxylic acids is 1. The van der Waals surface area contributed by atoms with E-state index in [-0.39, 0.29) is 24.0 Å². The predicted octanol–water partition coefficient (Wildman–Crippen LogP) is 0.790. The van der Waals surface area contributed by atoms with Gasteiger partial charge in [-0.05, 0) is 25.0 Å². The fourth-order valence-electron chi connectivity index (χ4n) is 2.20. The molecule has 3 atom stereocenters. The van der Waals surface area contributed by atoms with Gasteiger partial charge >= 0.3 is 5.97 Å². The third-order valence-electron chi connectivity index (χ3n) is 3.51. The molecule has 1 fully saturated rings. The van der Waals surface area contributed by atoms with Crippen LogP contribution in [0.25, 0.3) is 0 Å². The smallest absolute Gasteiger partial charge is 0.326 e. The number of carbonyl (C=O) groups excluding carboxylic acids is 1. The van der Waals surface area contributed by atoms with Crippen LogP contribution in [0.4, 0.5) is 0 Å². The molecule has 0 saturated carbocycles. The molecule has 2 rings (SSSR count). The summed E-state index contributed by atoms with van der Waals surface area (Å²) in [6.45, 7) is 0.849. The van der Waals surface area contributed by atoms with Gasteiger partial charge in [-0.3, -0.25) is 9.00 Å². The molecule has 6 nitrogen and oxygen atoms in total. The third-order valence-corrected chi connectivity index (χ3v) is 4.92. The summed E-state index contributed by atoms with van der Waals surface area (Å²) >= 11 is 0. The quantitative estimate of drug-likeness (QED) is 0.773. The number of benzene rings is 1. The molecule has 22 heavy (non-hydrogen) atoms. The van der Waals surface area contributed by atoms with Gasteiger partial charge in [-0.15, -0.1) is 0 Å². The molecule has 0 unspecified atom stereocenters. The minimum Gasteiger partial charge on any atom is -0.480 e. The van der Waals surface area contributed by atoms with Crippen LogP contribution in [0.2, 0.25) is 0 Å². The monoisotopic (exact) mass is 325 g/mol. The first kappa shape index (κ1) is 16.6. The standard InChI is InChI=1S/C15H19NO5S/c17-14(11-6-8-21-10-11)16-13(15(18)19)7-9-22(20)12-4-2-1-3-5-12/h1-5,11,13H,6-10H2,(H,16,17)(H,18,19)/t11-,13-,22-/m0/s1. The van der Waals surface area contributed by atoms with Gasteiger partial charge in [0, 0.05) is 17.3 Å². The normalized spacial score (nSPS) is 20.3. The summed E-state index contributed by atoms with van der Waals surface area (Å²) in [5.41, 5.74) is 0. The second kappa shape index (κ2) is 8.05. The van der Waals surface area contributed by atoms with Crippen molar-refractivity contribution in [2.24, 2.45) is 5.92 Å². The van der Waals surface area contributed by atoms with E-state index < -0.39 is 22.8 Å². The second-order valence-corrected chi connectivity index (χ2v) is 6.68. The van der Waals surface area contributed by atoms with Gasteiger partial charge in [-0.1, -0.05) is 18.2 Å². The van der Waals surface area contributed by atoms with E-state index in [1.807, 2.05) is 6.07 Å². The van der Waals surface area contributed by atoms with Crippen molar-refractivity contribution in [3.63, 3.8) is 0 Å². The molecule has 7 heteroatoms. The van der Waals surface area contributed by atoms with Crippen LogP contribution in [0, 0.1) is 5.92 Å². The van der Waals surface area contributed by atoms with Gasteiger partial charge in [0.25, 0.3) is 0 Å². The minimum atomic E-state index is -1.28. The highest BCUT2D eigenvalue weighted by molar-refractivity contribution is 7.85. The molecular weight excluding hydrogens is 306 g/mol. The summed E-state index contributed by atoms with van der Waals surface area (Å²) < 4.78 is 17.2. The fourth-order valence-corrected chi connectivity index (χ4v) is 3.35. The number of hydrogen-bond donors (Lipinski definition) is 2. The topological polar surface area (TPSA) is 92.7 Å². The molecule has 1 aliphatic heterocycles. The van der Waals surface area contributed by atoms with Crippen LogP contribution in [0.15, 0.2) is 35.2 Å². The summed E-state index contributed by atoms with van der Waals surface area (Å²) in [6, 6.07) is 7.83. The van der Waals surface area contributed by atoms with E-state index in [0.717, 1.165) is 0 Å². The molecule has 0 aliphatic carbocycles. The lowest BCUT2D eigenvalue weighted by Gasteiger charge is -2.16. The van der Waals surface area contributed by atoms with Crippen LogP contribution < -0.4 is 5.32 Å². The highest BCUT2D eigenvalue weighted by Crippen LogP contribution is 2.13. The van der Waals surface area contributed by atoms with Crippen molar-refractivity contribution in [3.8, 4) is 0 Å². The number of hydrogen-bond acceptors (Lipinski definition) is 4. The van der Waals surface area contributed by atoms with Gasteiger partial charge in [0.05, 0.1) is 23.3 Å². The molecule has 0 radical (unpaired) electrons. The predicted molar refractivity (Wildman–Crippen MR) is 80.8 cm³/mol. The lowest BCUT2D eigenvalue weighted by atomic mass is 10.1. The molecule has 0 aromatic heterocycles. The van der Waals surface area contributed by atoms with Crippen molar-refractivity contribution in [1.29, 1.82) is 0 Å². The van der Waals surface area contributed by atoms with Crippen LogP contribution in [-0.2, 0) is 25.1 Å². The van der Waals surface area contributed by atoms with Gasteiger partial charge < -0.3 is 15.2 Å². The van der Waals surface area contributed by atoms with E-state index in [0.29, 0.717) is 24.5 Å². The van der Waals surface area contributed by atoms with E-state index in [1.165, 1.54) is 0 Å². The summed E-state index contributed by atoms with van der Waals surface area (Å²) in [4.78, 5) is 23.9. The molecule has 1 aliphatic rings. The zero-order chi connectivity index (χ0) is 15.9. The number of carbonyl (C=O) groups is 2. The summed E-state index contributed by atoms with van der Waals surface area (Å²) in [5, 5.41) is 11.7. The largest absolute Gasteiger partial charge is 0.480 e. The van der Waals surface area contributed by atoms with Gasteiger partial charge in [0.2, 0.25) is 5.91 Å². The SMILES string of the molecule is O=C(N[C@@H](CC[S@](=O)c1ccccc1)C(=O)O)[C@H]1CCOC1. The first-order valence-corrected chi connectivity index (χ1v) is 8.44. The Labute approximate surface area is 131 Å². The van der Waals surface area contributed by atoms with Crippen LogP contribution in [0.3, 0.4) is 0 Å². The van der Waals surface area contributed by atoms with E-state index in [1.54, 1.807) is 24.3 Å². The Morgan fingerprint density at radius 3 is 2.68 bits per heavy atom. The number of carboxylic acid groups (broad SMARTS) is 1. The molecule has 1 aromatic rings. The van der Waals surface area contributed by atoms with E-state index >= 15 is 0 Å². The number of aliphatic carboxylic acids is 1.